The number of aliphatic carboxylic acids is 1. The molecule has 1 saturated heterocycles. The molecule has 0 radical (unpaired) electrons. The van der Waals surface area contributed by atoms with E-state index in [0.717, 1.165) is 38.8 Å². The van der Waals surface area contributed by atoms with Crippen molar-refractivity contribution in [3.05, 3.63) is 72.3 Å². The van der Waals surface area contributed by atoms with E-state index in [1.54, 1.807) is 0 Å². The molecule has 0 aromatic heterocycles. The van der Waals surface area contributed by atoms with Crippen LogP contribution in [0.25, 0.3) is 11.1 Å². The van der Waals surface area contributed by atoms with Gasteiger partial charge in [-0.1, -0.05) is 66.7 Å². The van der Waals surface area contributed by atoms with Gasteiger partial charge in [0.05, 0.1) is 19.3 Å². The first-order chi connectivity index (χ1) is 17.1. The maximum absolute atomic E-state index is 13.2. The quantitative estimate of drug-likeness (QED) is 0.441. The zero-order chi connectivity index (χ0) is 24.5. The first-order valence-electron chi connectivity index (χ1n) is 13.0. The number of allylic oxidation sites excluding steroid dienone is 2. The van der Waals surface area contributed by atoms with Crippen molar-refractivity contribution in [2.45, 2.75) is 51.0 Å². The fourth-order valence-corrected chi connectivity index (χ4v) is 5.64. The lowest BCUT2D eigenvalue weighted by molar-refractivity contribution is -0.136. The highest BCUT2D eigenvalue weighted by Gasteiger charge is 2.44. The maximum atomic E-state index is 13.2. The van der Waals surface area contributed by atoms with E-state index >= 15 is 0 Å². The number of hydrogen-bond acceptors (Lipinski definition) is 4. The minimum absolute atomic E-state index is 0.00298. The molecule has 1 aliphatic carbocycles. The number of aryl methyl sites for hydroxylation is 1. The molecule has 5 nitrogen and oxygen atoms in total. The summed E-state index contributed by atoms with van der Waals surface area (Å²) in [6.07, 6.45) is 9.32. The molecule has 1 aliphatic heterocycles. The molecule has 1 heterocycles. The standard InChI is InChI=1S/C30H37NO4/c32-28-22-26(17-14-23-12-15-25(16-13-23)24-8-4-3-5-9-24)27(10-6-1-2-7-11-29(33)34)30(28)31-18-20-35-21-19-31/h1-5,8-9,12-13,15-16,26-27,30H,6-7,10-11,14,17-22H2,(H,33,34)/b2-1-/t26-,27-,30+/m0/s1. The molecule has 4 rings (SSSR count). The van der Waals surface area contributed by atoms with Crippen molar-refractivity contribution in [2.24, 2.45) is 11.8 Å². The number of carbonyl (C=O) groups excluding carboxylic acids is 1. The lowest BCUT2D eigenvalue weighted by atomic mass is 9.84. The monoisotopic (exact) mass is 475 g/mol. The van der Waals surface area contributed by atoms with Gasteiger partial charge < -0.3 is 9.84 Å². The second-order valence-electron chi connectivity index (χ2n) is 9.77. The van der Waals surface area contributed by atoms with E-state index in [-0.39, 0.29) is 12.5 Å². The minimum Gasteiger partial charge on any atom is -0.481 e. The van der Waals surface area contributed by atoms with Gasteiger partial charge in [-0.15, -0.1) is 0 Å². The molecule has 5 heteroatoms. The molecule has 3 atom stereocenters. The van der Waals surface area contributed by atoms with E-state index in [2.05, 4.69) is 59.5 Å². The summed E-state index contributed by atoms with van der Waals surface area (Å²) >= 11 is 0. The van der Waals surface area contributed by atoms with Gasteiger partial charge >= 0.3 is 5.97 Å². The Labute approximate surface area is 208 Å². The lowest BCUT2D eigenvalue weighted by Crippen LogP contribution is -2.48. The number of carbonyl (C=O) groups is 2. The molecule has 186 valence electrons. The van der Waals surface area contributed by atoms with Crippen molar-refractivity contribution in [2.75, 3.05) is 26.3 Å². The van der Waals surface area contributed by atoms with Gasteiger partial charge in [0.25, 0.3) is 0 Å². The van der Waals surface area contributed by atoms with Crippen LogP contribution in [0.4, 0.5) is 0 Å². The minimum atomic E-state index is -0.764. The van der Waals surface area contributed by atoms with E-state index in [0.29, 0.717) is 43.7 Å². The number of hydrogen-bond donors (Lipinski definition) is 1. The number of benzene rings is 2. The van der Waals surface area contributed by atoms with Crippen LogP contribution in [-0.4, -0.2) is 54.1 Å². The van der Waals surface area contributed by atoms with Gasteiger partial charge in [-0.05, 0) is 60.6 Å². The zero-order valence-corrected chi connectivity index (χ0v) is 20.5. The van der Waals surface area contributed by atoms with Crippen LogP contribution in [0.2, 0.25) is 0 Å². The SMILES string of the molecule is O=C(O)CC/C=C\CC[C@H]1[C@@H](CCc2ccc(-c3ccccc3)cc2)CC(=O)[C@@H]1N1CCOCC1. The van der Waals surface area contributed by atoms with Crippen LogP contribution in [0.1, 0.15) is 44.1 Å². The summed E-state index contributed by atoms with van der Waals surface area (Å²) in [7, 11) is 0. The largest absolute Gasteiger partial charge is 0.481 e. The van der Waals surface area contributed by atoms with Crippen LogP contribution in [0.3, 0.4) is 0 Å². The third-order valence-corrected chi connectivity index (χ3v) is 7.47. The second-order valence-corrected chi connectivity index (χ2v) is 9.77. The normalized spacial score (nSPS) is 23.2. The van der Waals surface area contributed by atoms with Gasteiger partial charge in [0, 0.05) is 25.9 Å². The third-order valence-electron chi connectivity index (χ3n) is 7.47. The molecule has 0 spiro atoms. The van der Waals surface area contributed by atoms with E-state index < -0.39 is 5.97 Å². The Bertz CT molecular complexity index is 979. The molecule has 2 fully saturated rings. The fraction of sp³-hybridized carbons (Fsp3) is 0.467. The summed E-state index contributed by atoms with van der Waals surface area (Å²) in [4.78, 5) is 26.2. The number of Topliss-reactive ketones (excluding diaryl/α,β-unsaturated/α-hetero) is 1. The lowest BCUT2D eigenvalue weighted by Gasteiger charge is -2.36. The highest BCUT2D eigenvalue weighted by atomic mass is 16.5. The third kappa shape index (κ3) is 7.12. The Morgan fingerprint density at radius 3 is 2.34 bits per heavy atom. The van der Waals surface area contributed by atoms with Gasteiger partial charge in [0.15, 0.2) is 5.78 Å². The fourth-order valence-electron chi connectivity index (χ4n) is 5.64. The maximum Gasteiger partial charge on any atom is 0.303 e. The first kappa shape index (κ1) is 25.3. The molecule has 2 aliphatic rings. The Balaban J connectivity index is 1.38. The molecular weight excluding hydrogens is 438 g/mol. The molecule has 0 bridgehead atoms. The zero-order valence-electron chi connectivity index (χ0n) is 20.5. The first-order valence-corrected chi connectivity index (χ1v) is 13.0. The van der Waals surface area contributed by atoms with Crippen LogP contribution in [-0.2, 0) is 20.7 Å². The van der Waals surface area contributed by atoms with Crippen molar-refractivity contribution >= 4 is 11.8 Å². The number of morpholine rings is 1. The highest BCUT2D eigenvalue weighted by molar-refractivity contribution is 5.87. The van der Waals surface area contributed by atoms with Crippen LogP contribution < -0.4 is 0 Å². The van der Waals surface area contributed by atoms with E-state index in [4.69, 9.17) is 9.84 Å². The number of rotatable bonds is 11. The summed E-state index contributed by atoms with van der Waals surface area (Å²) in [5, 5.41) is 8.82. The molecular formula is C30H37NO4. The average Bonchev–Trinajstić information content (AvgIpc) is 3.20. The van der Waals surface area contributed by atoms with Crippen LogP contribution >= 0.6 is 0 Å². The number of carboxylic acid groups (broad SMARTS) is 1. The van der Waals surface area contributed by atoms with E-state index in [9.17, 15) is 9.59 Å². The predicted molar refractivity (Wildman–Crippen MR) is 138 cm³/mol. The van der Waals surface area contributed by atoms with Gasteiger partial charge in [0.2, 0.25) is 0 Å². The topological polar surface area (TPSA) is 66.8 Å². The Hall–Kier alpha value is -2.76. The van der Waals surface area contributed by atoms with Gasteiger partial charge in [0.1, 0.15) is 0 Å². The van der Waals surface area contributed by atoms with Crippen molar-refractivity contribution < 1.29 is 19.4 Å². The Morgan fingerprint density at radius 2 is 1.63 bits per heavy atom. The second kappa shape index (κ2) is 12.8. The number of carboxylic acids is 1. The van der Waals surface area contributed by atoms with Crippen molar-refractivity contribution in [1.82, 2.24) is 4.90 Å². The van der Waals surface area contributed by atoms with E-state index in [1.807, 2.05) is 12.1 Å². The predicted octanol–water partition coefficient (Wildman–Crippen LogP) is 5.39. The molecule has 2 aromatic rings. The Morgan fingerprint density at radius 1 is 0.943 bits per heavy atom. The summed E-state index contributed by atoms with van der Waals surface area (Å²) in [5.74, 6) is 0.348. The summed E-state index contributed by atoms with van der Waals surface area (Å²) in [6, 6.07) is 19.2. The molecule has 35 heavy (non-hydrogen) atoms. The number of nitrogens with zero attached hydrogens (tertiary/aromatic N) is 1. The van der Waals surface area contributed by atoms with Crippen LogP contribution in [0.15, 0.2) is 66.7 Å². The number of ether oxygens (including phenoxy) is 1. The molecule has 0 amide bonds. The van der Waals surface area contributed by atoms with Crippen LogP contribution in [0.5, 0.6) is 0 Å². The summed E-state index contributed by atoms with van der Waals surface area (Å²) < 4.78 is 5.54. The highest BCUT2D eigenvalue weighted by Crippen LogP contribution is 2.39. The molecule has 1 N–H and O–H groups in total. The van der Waals surface area contributed by atoms with Crippen LogP contribution in [0, 0.1) is 11.8 Å². The smallest absolute Gasteiger partial charge is 0.303 e. The van der Waals surface area contributed by atoms with Gasteiger partial charge in [-0.3, -0.25) is 14.5 Å². The van der Waals surface area contributed by atoms with Crippen molar-refractivity contribution in [1.29, 1.82) is 0 Å². The van der Waals surface area contributed by atoms with E-state index in [1.165, 1.54) is 16.7 Å². The summed E-state index contributed by atoms with van der Waals surface area (Å²) in [5.41, 5.74) is 3.77. The molecule has 2 aromatic carbocycles. The Kier molecular flexibility index (Phi) is 9.27. The average molecular weight is 476 g/mol. The van der Waals surface area contributed by atoms with Crippen molar-refractivity contribution in [3.63, 3.8) is 0 Å². The summed E-state index contributed by atoms with van der Waals surface area (Å²) in [6.45, 7) is 3.05. The molecule has 0 unspecified atom stereocenters. The molecule has 1 saturated carbocycles. The van der Waals surface area contributed by atoms with Gasteiger partial charge in [-0.2, -0.15) is 0 Å². The number of ketones is 1. The van der Waals surface area contributed by atoms with Crippen molar-refractivity contribution in [3.8, 4) is 11.1 Å². The van der Waals surface area contributed by atoms with Gasteiger partial charge in [-0.25, -0.2) is 0 Å².